The van der Waals surface area contributed by atoms with Crippen molar-refractivity contribution in [2.24, 2.45) is 5.92 Å². The van der Waals surface area contributed by atoms with Gasteiger partial charge in [0.1, 0.15) is 5.75 Å². The SMILES string of the molecule is COc1ccccc1[C@@]1(CC#N)C[C@H](C)N(C)C[C@H]1C. The summed E-state index contributed by atoms with van der Waals surface area (Å²) in [7, 11) is 3.88. The Kier molecular flexibility index (Phi) is 4.35. The van der Waals surface area contributed by atoms with Gasteiger partial charge in [-0.25, -0.2) is 0 Å². The highest BCUT2D eigenvalue weighted by molar-refractivity contribution is 5.41. The fourth-order valence-corrected chi connectivity index (χ4v) is 3.58. The molecule has 3 atom stereocenters. The van der Waals surface area contributed by atoms with Crippen LogP contribution in [0.5, 0.6) is 5.75 Å². The van der Waals surface area contributed by atoms with Crippen molar-refractivity contribution in [1.82, 2.24) is 4.90 Å². The van der Waals surface area contributed by atoms with E-state index < -0.39 is 0 Å². The Bertz CT molecular complexity index is 508. The number of methoxy groups -OCH3 is 1. The minimum absolute atomic E-state index is 0.104. The van der Waals surface area contributed by atoms with E-state index >= 15 is 0 Å². The third-order valence-electron chi connectivity index (χ3n) is 4.96. The molecule has 0 radical (unpaired) electrons. The van der Waals surface area contributed by atoms with Gasteiger partial charge in [0.25, 0.3) is 0 Å². The number of piperidine rings is 1. The Labute approximate surface area is 122 Å². The van der Waals surface area contributed by atoms with E-state index in [1.165, 1.54) is 5.56 Å². The lowest BCUT2D eigenvalue weighted by Crippen LogP contribution is -2.51. The lowest BCUT2D eigenvalue weighted by atomic mass is 9.63. The number of likely N-dealkylation sites (tertiary alicyclic amines) is 1. The first-order chi connectivity index (χ1) is 9.55. The van der Waals surface area contributed by atoms with E-state index in [1.807, 2.05) is 18.2 Å². The number of hydrogen-bond donors (Lipinski definition) is 0. The smallest absolute Gasteiger partial charge is 0.122 e. The van der Waals surface area contributed by atoms with Crippen molar-refractivity contribution in [1.29, 1.82) is 5.26 Å². The summed E-state index contributed by atoms with van der Waals surface area (Å²) in [4.78, 5) is 2.38. The summed E-state index contributed by atoms with van der Waals surface area (Å²) in [5.74, 6) is 1.34. The third-order valence-corrected chi connectivity index (χ3v) is 4.96. The molecular formula is C17H24N2O. The molecule has 1 aromatic rings. The number of nitrogens with zero attached hydrogens (tertiary/aromatic N) is 2. The molecule has 0 aromatic heterocycles. The first kappa shape index (κ1) is 14.9. The van der Waals surface area contributed by atoms with Crippen LogP contribution in [0.25, 0.3) is 0 Å². The Morgan fingerprint density at radius 2 is 2.10 bits per heavy atom. The van der Waals surface area contributed by atoms with E-state index in [9.17, 15) is 5.26 Å². The largest absolute Gasteiger partial charge is 0.496 e. The Hall–Kier alpha value is -1.53. The van der Waals surface area contributed by atoms with Gasteiger partial charge >= 0.3 is 0 Å². The lowest BCUT2D eigenvalue weighted by molar-refractivity contribution is 0.0754. The van der Waals surface area contributed by atoms with Gasteiger partial charge in [-0.1, -0.05) is 25.1 Å². The van der Waals surface area contributed by atoms with Crippen molar-refractivity contribution in [3.8, 4) is 11.8 Å². The second-order valence-electron chi connectivity index (χ2n) is 6.09. The summed E-state index contributed by atoms with van der Waals surface area (Å²) < 4.78 is 5.56. The van der Waals surface area contributed by atoms with E-state index in [2.05, 4.69) is 37.9 Å². The van der Waals surface area contributed by atoms with Crippen LogP contribution in [0.3, 0.4) is 0 Å². The van der Waals surface area contributed by atoms with Crippen LogP contribution in [0, 0.1) is 17.2 Å². The first-order valence-corrected chi connectivity index (χ1v) is 7.26. The predicted octanol–water partition coefficient (Wildman–Crippen LogP) is 3.21. The molecule has 0 spiro atoms. The summed E-state index contributed by atoms with van der Waals surface area (Å²) >= 11 is 0. The predicted molar refractivity (Wildman–Crippen MR) is 80.8 cm³/mol. The molecule has 0 aliphatic carbocycles. The highest BCUT2D eigenvalue weighted by atomic mass is 16.5. The number of hydrogen-bond acceptors (Lipinski definition) is 3. The number of ether oxygens (including phenoxy) is 1. The normalized spacial score (nSPS) is 30.8. The van der Waals surface area contributed by atoms with E-state index in [-0.39, 0.29) is 5.41 Å². The molecule has 1 aliphatic rings. The molecule has 1 aromatic carbocycles. The summed E-state index contributed by atoms with van der Waals surface area (Å²) in [5, 5.41) is 9.37. The molecule has 1 saturated heterocycles. The summed E-state index contributed by atoms with van der Waals surface area (Å²) in [6.45, 7) is 5.51. The van der Waals surface area contributed by atoms with E-state index in [1.54, 1.807) is 7.11 Å². The van der Waals surface area contributed by atoms with Crippen molar-refractivity contribution in [2.45, 2.75) is 38.1 Å². The molecule has 0 unspecified atom stereocenters. The van der Waals surface area contributed by atoms with Crippen LogP contribution in [-0.4, -0.2) is 31.6 Å². The Morgan fingerprint density at radius 1 is 1.40 bits per heavy atom. The van der Waals surface area contributed by atoms with E-state index in [0.717, 1.165) is 18.7 Å². The zero-order valence-corrected chi connectivity index (χ0v) is 12.9. The maximum atomic E-state index is 9.37. The minimum Gasteiger partial charge on any atom is -0.496 e. The molecule has 0 N–H and O–H groups in total. The van der Waals surface area contributed by atoms with Crippen molar-refractivity contribution in [2.75, 3.05) is 20.7 Å². The van der Waals surface area contributed by atoms with Gasteiger partial charge in [-0.3, -0.25) is 0 Å². The van der Waals surface area contributed by atoms with Crippen molar-refractivity contribution in [3.05, 3.63) is 29.8 Å². The number of benzene rings is 1. The highest BCUT2D eigenvalue weighted by Crippen LogP contribution is 2.47. The molecule has 0 bridgehead atoms. The van der Waals surface area contributed by atoms with Crippen LogP contribution in [-0.2, 0) is 5.41 Å². The van der Waals surface area contributed by atoms with Crippen molar-refractivity contribution in [3.63, 3.8) is 0 Å². The number of rotatable bonds is 3. The van der Waals surface area contributed by atoms with E-state index in [0.29, 0.717) is 18.4 Å². The first-order valence-electron chi connectivity index (χ1n) is 7.26. The van der Waals surface area contributed by atoms with Crippen LogP contribution in [0.1, 0.15) is 32.3 Å². The average molecular weight is 272 g/mol. The van der Waals surface area contributed by atoms with Gasteiger partial charge in [0, 0.05) is 30.0 Å². The summed E-state index contributed by atoms with van der Waals surface area (Å²) in [6, 6.07) is 11.1. The maximum Gasteiger partial charge on any atom is 0.122 e. The van der Waals surface area contributed by atoms with Crippen molar-refractivity contribution >= 4 is 0 Å². The van der Waals surface area contributed by atoms with Crippen LogP contribution in [0.15, 0.2) is 24.3 Å². The second-order valence-corrected chi connectivity index (χ2v) is 6.09. The molecule has 20 heavy (non-hydrogen) atoms. The fourth-order valence-electron chi connectivity index (χ4n) is 3.58. The second kappa shape index (κ2) is 5.85. The van der Waals surface area contributed by atoms with Gasteiger partial charge in [0.2, 0.25) is 0 Å². The highest BCUT2D eigenvalue weighted by Gasteiger charge is 2.45. The van der Waals surface area contributed by atoms with Gasteiger partial charge in [-0.15, -0.1) is 0 Å². The zero-order chi connectivity index (χ0) is 14.8. The van der Waals surface area contributed by atoms with Gasteiger partial charge < -0.3 is 9.64 Å². The molecule has 108 valence electrons. The summed E-state index contributed by atoms with van der Waals surface area (Å²) in [5.41, 5.74) is 1.09. The van der Waals surface area contributed by atoms with Gasteiger partial charge in [0.15, 0.2) is 0 Å². The lowest BCUT2D eigenvalue weighted by Gasteiger charge is -2.48. The third kappa shape index (κ3) is 2.41. The molecule has 0 saturated carbocycles. The van der Waals surface area contributed by atoms with Crippen LogP contribution in [0.4, 0.5) is 0 Å². The molecule has 3 heteroatoms. The zero-order valence-electron chi connectivity index (χ0n) is 12.9. The minimum atomic E-state index is -0.104. The molecule has 3 nitrogen and oxygen atoms in total. The standard InChI is InChI=1S/C17H24N2O/c1-13-12-19(3)14(2)11-17(13,9-10-18)15-7-5-6-8-16(15)20-4/h5-8,13-14H,9,11-12H2,1-4H3/t13-,14+,17+/m1/s1. The van der Waals surface area contributed by atoms with Crippen LogP contribution < -0.4 is 4.74 Å². The summed E-state index contributed by atoms with van der Waals surface area (Å²) in [6.07, 6.45) is 1.55. The molecular weight excluding hydrogens is 248 g/mol. The molecule has 0 amide bonds. The number of nitriles is 1. The van der Waals surface area contributed by atoms with Gasteiger partial charge in [0.05, 0.1) is 13.2 Å². The van der Waals surface area contributed by atoms with Gasteiger partial charge in [-0.05, 0) is 32.4 Å². The van der Waals surface area contributed by atoms with Crippen molar-refractivity contribution < 1.29 is 4.74 Å². The van der Waals surface area contributed by atoms with Crippen LogP contribution >= 0.6 is 0 Å². The molecule has 1 fully saturated rings. The fraction of sp³-hybridized carbons (Fsp3) is 0.588. The average Bonchev–Trinajstić information content (AvgIpc) is 2.45. The quantitative estimate of drug-likeness (QED) is 0.847. The Morgan fingerprint density at radius 3 is 2.75 bits per heavy atom. The number of para-hydroxylation sites is 1. The Balaban J connectivity index is 2.52. The monoisotopic (exact) mass is 272 g/mol. The topological polar surface area (TPSA) is 36.3 Å². The molecule has 1 aliphatic heterocycles. The van der Waals surface area contributed by atoms with Gasteiger partial charge in [-0.2, -0.15) is 5.26 Å². The van der Waals surface area contributed by atoms with E-state index in [4.69, 9.17) is 4.74 Å². The van der Waals surface area contributed by atoms with Crippen LogP contribution in [0.2, 0.25) is 0 Å². The maximum absolute atomic E-state index is 9.37. The molecule has 2 rings (SSSR count). The molecule has 1 heterocycles.